The number of β-amino-alcohol motifs (C(OH)–C–C–N with tert-alkyl or cyclic N) is 1. The lowest BCUT2D eigenvalue weighted by Gasteiger charge is -2.21. The normalized spacial score (nSPS) is 23.1. The molecule has 1 aromatic rings. The Morgan fingerprint density at radius 2 is 2.05 bits per heavy atom. The lowest BCUT2D eigenvalue weighted by atomic mass is 10.1. The van der Waals surface area contributed by atoms with Gasteiger partial charge >= 0.3 is 0 Å². The standard InChI is InChI=1S/C14H20N2O3/c1-9-4-5-10(17)6-11(9)14(19)16-7-12(15(2)3)13(18)8-16/h4-6,12-13,17-18H,7-8H2,1-3H3/t12-,13-/m0/s1. The number of amides is 1. The van der Waals surface area contributed by atoms with Crippen LogP contribution in [-0.4, -0.2) is 65.3 Å². The number of hydrogen-bond acceptors (Lipinski definition) is 4. The molecule has 1 fully saturated rings. The van der Waals surface area contributed by atoms with Gasteiger partial charge in [-0.3, -0.25) is 4.79 Å². The van der Waals surface area contributed by atoms with Gasteiger partial charge < -0.3 is 20.0 Å². The number of aryl methyl sites for hydroxylation is 1. The molecule has 1 aliphatic heterocycles. The Balaban J connectivity index is 2.19. The summed E-state index contributed by atoms with van der Waals surface area (Å²) in [7, 11) is 3.78. The lowest BCUT2D eigenvalue weighted by molar-refractivity contribution is 0.0763. The van der Waals surface area contributed by atoms with Crippen LogP contribution in [0.15, 0.2) is 18.2 Å². The van der Waals surface area contributed by atoms with E-state index in [1.807, 2.05) is 25.9 Å². The summed E-state index contributed by atoms with van der Waals surface area (Å²) in [4.78, 5) is 16.0. The van der Waals surface area contributed by atoms with Gasteiger partial charge in [0, 0.05) is 18.7 Å². The van der Waals surface area contributed by atoms with Crippen molar-refractivity contribution >= 4 is 5.91 Å². The second-order valence-corrected chi connectivity index (χ2v) is 5.31. The van der Waals surface area contributed by atoms with Gasteiger partial charge in [-0.25, -0.2) is 0 Å². The van der Waals surface area contributed by atoms with Crippen molar-refractivity contribution in [3.05, 3.63) is 29.3 Å². The molecule has 2 rings (SSSR count). The van der Waals surface area contributed by atoms with Crippen molar-refractivity contribution in [3.63, 3.8) is 0 Å². The van der Waals surface area contributed by atoms with E-state index in [9.17, 15) is 15.0 Å². The van der Waals surface area contributed by atoms with Crippen molar-refractivity contribution in [1.82, 2.24) is 9.80 Å². The van der Waals surface area contributed by atoms with Crippen molar-refractivity contribution in [2.75, 3.05) is 27.2 Å². The quantitative estimate of drug-likeness (QED) is 0.814. The molecule has 19 heavy (non-hydrogen) atoms. The number of carbonyl (C=O) groups excluding carboxylic acids is 1. The summed E-state index contributed by atoms with van der Waals surface area (Å²) >= 11 is 0. The maximum atomic E-state index is 12.4. The van der Waals surface area contributed by atoms with Crippen molar-refractivity contribution in [1.29, 1.82) is 0 Å². The van der Waals surface area contributed by atoms with Crippen LogP contribution in [0.3, 0.4) is 0 Å². The van der Waals surface area contributed by atoms with Gasteiger partial charge in [-0.2, -0.15) is 0 Å². The summed E-state index contributed by atoms with van der Waals surface area (Å²) in [5, 5.41) is 19.5. The minimum atomic E-state index is -0.531. The van der Waals surface area contributed by atoms with E-state index < -0.39 is 6.10 Å². The number of hydrogen-bond donors (Lipinski definition) is 2. The van der Waals surface area contributed by atoms with Gasteiger partial charge in [-0.05, 0) is 38.7 Å². The van der Waals surface area contributed by atoms with Crippen molar-refractivity contribution in [2.24, 2.45) is 0 Å². The number of aliphatic hydroxyl groups is 1. The van der Waals surface area contributed by atoms with Crippen LogP contribution in [0.1, 0.15) is 15.9 Å². The van der Waals surface area contributed by atoms with Crippen molar-refractivity contribution in [3.8, 4) is 5.75 Å². The fraction of sp³-hybridized carbons (Fsp3) is 0.500. The summed E-state index contributed by atoms with van der Waals surface area (Å²) in [6, 6.07) is 4.72. The number of carbonyl (C=O) groups is 1. The molecule has 0 saturated carbocycles. The highest BCUT2D eigenvalue weighted by Crippen LogP contribution is 2.21. The molecule has 5 nitrogen and oxygen atoms in total. The first-order valence-corrected chi connectivity index (χ1v) is 6.33. The van der Waals surface area contributed by atoms with Crippen molar-refractivity contribution < 1.29 is 15.0 Å². The summed E-state index contributed by atoms with van der Waals surface area (Å²) in [6.07, 6.45) is -0.531. The van der Waals surface area contributed by atoms with Gasteiger partial charge in [0.2, 0.25) is 0 Å². The average molecular weight is 264 g/mol. The molecule has 0 aromatic heterocycles. The minimum absolute atomic E-state index is 0.0402. The number of aromatic hydroxyl groups is 1. The predicted octanol–water partition coefficient (Wildman–Crippen LogP) is 0.448. The molecule has 1 saturated heterocycles. The van der Waals surface area contributed by atoms with E-state index in [2.05, 4.69) is 0 Å². The van der Waals surface area contributed by atoms with Gasteiger partial charge in [-0.1, -0.05) is 6.07 Å². The van der Waals surface area contributed by atoms with Gasteiger partial charge in [0.25, 0.3) is 5.91 Å². The van der Waals surface area contributed by atoms with Crippen LogP contribution in [0.25, 0.3) is 0 Å². The van der Waals surface area contributed by atoms with E-state index in [1.54, 1.807) is 17.0 Å². The van der Waals surface area contributed by atoms with Gasteiger partial charge in [0.15, 0.2) is 0 Å². The van der Waals surface area contributed by atoms with Gasteiger partial charge in [0.1, 0.15) is 5.75 Å². The van der Waals surface area contributed by atoms with E-state index in [0.717, 1.165) is 5.56 Å². The lowest BCUT2D eigenvalue weighted by Crippen LogP contribution is -2.38. The highest BCUT2D eigenvalue weighted by Gasteiger charge is 2.35. The zero-order valence-electron chi connectivity index (χ0n) is 11.5. The minimum Gasteiger partial charge on any atom is -0.508 e. The Morgan fingerprint density at radius 3 is 2.63 bits per heavy atom. The molecule has 0 unspecified atom stereocenters. The first kappa shape index (κ1) is 13.8. The molecule has 0 aliphatic carbocycles. The molecule has 1 aromatic carbocycles. The van der Waals surface area contributed by atoms with Crippen LogP contribution in [0.5, 0.6) is 5.75 Å². The van der Waals surface area contributed by atoms with Crippen LogP contribution in [-0.2, 0) is 0 Å². The highest BCUT2D eigenvalue weighted by molar-refractivity contribution is 5.96. The Bertz CT molecular complexity index is 488. The average Bonchev–Trinajstić information content (AvgIpc) is 2.74. The number of nitrogens with zero attached hydrogens (tertiary/aromatic N) is 2. The number of likely N-dealkylation sites (tertiary alicyclic amines) is 1. The second kappa shape index (κ2) is 5.19. The first-order chi connectivity index (χ1) is 8.90. The molecule has 1 heterocycles. The molecule has 0 spiro atoms. The Kier molecular flexibility index (Phi) is 3.78. The zero-order chi connectivity index (χ0) is 14.2. The highest BCUT2D eigenvalue weighted by atomic mass is 16.3. The molecule has 5 heteroatoms. The second-order valence-electron chi connectivity index (χ2n) is 5.31. The number of benzene rings is 1. The Morgan fingerprint density at radius 1 is 1.37 bits per heavy atom. The number of phenolic OH excluding ortho intramolecular Hbond substituents is 1. The third-order valence-corrected chi connectivity index (χ3v) is 3.66. The van der Waals surface area contributed by atoms with E-state index in [0.29, 0.717) is 18.7 Å². The monoisotopic (exact) mass is 264 g/mol. The first-order valence-electron chi connectivity index (χ1n) is 6.33. The van der Waals surface area contributed by atoms with Crippen LogP contribution in [0, 0.1) is 6.92 Å². The SMILES string of the molecule is Cc1ccc(O)cc1C(=O)N1C[C@H](O)[C@@H](N(C)C)C1. The smallest absolute Gasteiger partial charge is 0.254 e. The molecule has 0 bridgehead atoms. The molecule has 2 atom stereocenters. The molecular weight excluding hydrogens is 244 g/mol. The fourth-order valence-electron chi connectivity index (χ4n) is 2.45. The third kappa shape index (κ3) is 2.72. The summed E-state index contributed by atoms with van der Waals surface area (Å²) in [5.74, 6) is -0.0605. The zero-order valence-corrected chi connectivity index (χ0v) is 11.5. The number of phenols is 1. The van der Waals surface area contributed by atoms with E-state index in [4.69, 9.17) is 0 Å². The maximum absolute atomic E-state index is 12.4. The third-order valence-electron chi connectivity index (χ3n) is 3.66. The predicted molar refractivity (Wildman–Crippen MR) is 72.2 cm³/mol. The van der Waals surface area contributed by atoms with Crippen LogP contribution in [0.2, 0.25) is 0 Å². The summed E-state index contributed by atoms with van der Waals surface area (Å²) in [5.41, 5.74) is 1.32. The Hall–Kier alpha value is -1.59. The Labute approximate surface area is 113 Å². The molecule has 104 valence electrons. The summed E-state index contributed by atoms with van der Waals surface area (Å²) in [6.45, 7) is 2.67. The molecular formula is C14H20N2O3. The molecule has 1 aliphatic rings. The van der Waals surface area contributed by atoms with Crippen LogP contribution >= 0.6 is 0 Å². The molecule has 0 radical (unpaired) electrons. The number of rotatable bonds is 2. The van der Waals surface area contributed by atoms with Gasteiger partial charge in [0.05, 0.1) is 12.1 Å². The van der Waals surface area contributed by atoms with Crippen LogP contribution < -0.4 is 0 Å². The van der Waals surface area contributed by atoms with Crippen LogP contribution in [0.4, 0.5) is 0 Å². The maximum Gasteiger partial charge on any atom is 0.254 e. The molecule has 1 amide bonds. The van der Waals surface area contributed by atoms with Gasteiger partial charge in [-0.15, -0.1) is 0 Å². The largest absolute Gasteiger partial charge is 0.508 e. The van der Waals surface area contributed by atoms with E-state index >= 15 is 0 Å². The number of aliphatic hydroxyl groups excluding tert-OH is 1. The van der Waals surface area contributed by atoms with Crippen molar-refractivity contribution in [2.45, 2.75) is 19.1 Å². The van der Waals surface area contributed by atoms with E-state index in [1.165, 1.54) is 6.07 Å². The topological polar surface area (TPSA) is 64.0 Å². The number of likely N-dealkylation sites (N-methyl/N-ethyl adjacent to an activating group) is 1. The van der Waals surface area contributed by atoms with E-state index in [-0.39, 0.29) is 17.7 Å². The molecule has 2 N–H and O–H groups in total. The fourth-order valence-corrected chi connectivity index (χ4v) is 2.45. The summed E-state index contributed by atoms with van der Waals surface area (Å²) < 4.78 is 0.